The summed E-state index contributed by atoms with van der Waals surface area (Å²) in [5.41, 5.74) is 3.14. The van der Waals surface area contributed by atoms with Crippen molar-refractivity contribution in [2.45, 2.75) is 0 Å². The van der Waals surface area contributed by atoms with E-state index in [1.807, 2.05) is 24.3 Å². The average molecular weight is 447 g/mol. The van der Waals surface area contributed by atoms with E-state index in [-0.39, 0.29) is 18.2 Å². The molecule has 2 aromatic carbocycles. The maximum Gasteiger partial charge on any atom is 0.328 e. The van der Waals surface area contributed by atoms with Gasteiger partial charge in [-0.1, -0.05) is 41.9 Å². The highest BCUT2D eigenvalue weighted by Gasteiger charge is 2.19. The Labute approximate surface area is 187 Å². The SMILES string of the molecule is CN1CCN(c2ccc(Cl)cc2C(=O)/C=C/c2ccc(/C=C/C(=O)O)cc2)CC1.Cl. The van der Waals surface area contributed by atoms with Crippen LogP contribution in [0.25, 0.3) is 12.2 Å². The van der Waals surface area contributed by atoms with Crippen molar-refractivity contribution < 1.29 is 14.7 Å². The quantitative estimate of drug-likeness (QED) is 0.522. The van der Waals surface area contributed by atoms with E-state index in [2.05, 4.69) is 16.8 Å². The van der Waals surface area contributed by atoms with Gasteiger partial charge in [-0.25, -0.2) is 4.79 Å². The predicted octanol–water partition coefficient (Wildman–Crippen LogP) is 4.51. The molecule has 5 nitrogen and oxygen atoms in total. The number of hydrogen-bond acceptors (Lipinski definition) is 4. The number of nitrogens with zero attached hydrogens (tertiary/aromatic N) is 2. The van der Waals surface area contributed by atoms with E-state index < -0.39 is 5.97 Å². The molecular formula is C23H24Cl2N2O3. The van der Waals surface area contributed by atoms with Crippen molar-refractivity contribution in [3.63, 3.8) is 0 Å². The van der Waals surface area contributed by atoms with Crippen molar-refractivity contribution in [1.82, 2.24) is 4.90 Å². The minimum Gasteiger partial charge on any atom is -0.478 e. The zero-order chi connectivity index (χ0) is 20.8. The van der Waals surface area contributed by atoms with Crippen molar-refractivity contribution in [2.24, 2.45) is 0 Å². The van der Waals surface area contributed by atoms with Crippen LogP contribution in [0.5, 0.6) is 0 Å². The lowest BCUT2D eigenvalue weighted by molar-refractivity contribution is -0.131. The third-order valence-corrected chi connectivity index (χ3v) is 5.09. The number of anilines is 1. The number of benzene rings is 2. The molecule has 0 aromatic heterocycles. The molecule has 0 radical (unpaired) electrons. The number of carbonyl (C=O) groups is 2. The summed E-state index contributed by atoms with van der Waals surface area (Å²) in [7, 11) is 2.09. The summed E-state index contributed by atoms with van der Waals surface area (Å²) in [6, 6.07) is 12.7. The van der Waals surface area contributed by atoms with Gasteiger partial charge in [0.05, 0.1) is 0 Å². The zero-order valence-corrected chi connectivity index (χ0v) is 18.2. The van der Waals surface area contributed by atoms with Gasteiger partial charge in [0.15, 0.2) is 5.78 Å². The first-order chi connectivity index (χ1) is 13.9. The fraction of sp³-hybridized carbons (Fsp3) is 0.217. The molecule has 158 valence electrons. The smallest absolute Gasteiger partial charge is 0.328 e. The number of rotatable bonds is 6. The van der Waals surface area contributed by atoms with E-state index in [0.717, 1.165) is 49.1 Å². The number of hydrogen-bond donors (Lipinski definition) is 1. The summed E-state index contributed by atoms with van der Waals surface area (Å²) in [5, 5.41) is 9.22. The molecule has 1 aliphatic rings. The molecule has 0 spiro atoms. The number of carbonyl (C=O) groups excluding carboxylic acids is 1. The molecule has 2 aromatic rings. The van der Waals surface area contributed by atoms with Crippen molar-refractivity contribution in [3.8, 4) is 0 Å². The van der Waals surface area contributed by atoms with Gasteiger partial charge in [0, 0.05) is 48.5 Å². The molecule has 3 rings (SSSR count). The molecule has 30 heavy (non-hydrogen) atoms. The van der Waals surface area contributed by atoms with Crippen LogP contribution in [0.2, 0.25) is 5.02 Å². The number of piperazine rings is 1. The van der Waals surface area contributed by atoms with Crippen molar-refractivity contribution >= 4 is 53.6 Å². The van der Waals surface area contributed by atoms with Gasteiger partial charge in [-0.15, -0.1) is 12.4 Å². The highest BCUT2D eigenvalue weighted by atomic mass is 35.5. The molecule has 7 heteroatoms. The molecule has 0 unspecified atom stereocenters. The van der Waals surface area contributed by atoms with E-state index in [1.54, 1.807) is 30.4 Å². The Balaban J connectivity index is 0.00000320. The Kier molecular flexibility index (Phi) is 8.66. The maximum absolute atomic E-state index is 12.9. The number of likely N-dealkylation sites (N-methyl/N-ethyl adjacent to an activating group) is 1. The van der Waals surface area contributed by atoms with Gasteiger partial charge >= 0.3 is 5.97 Å². The summed E-state index contributed by atoms with van der Waals surface area (Å²) in [6.45, 7) is 3.64. The van der Waals surface area contributed by atoms with Crippen LogP contribution >= 0.6 is 24.0 Å². The van der Waals surface area contributed by atoms with Gasteiger partial charge in [0.25, 0.3) is 0 Å². The van der Waals surface area contributed by atoms with Crippen LogP contribution in [-0.2, 0) is 4.79 Å². The second-order valence-corrected chi connectivity index (χ2v) is 7.42. The van der Waals surface area contributed by atoms with Crippen LogP contribution in [0, 0.1) is 0 Å². The minimum absolute atomic E-state index is 0. The van der Waals surface area contributed by atoms with Gasteiger partial charge in [0.1, 0.15) is 0 Å². The van der Waals surface area contributed by atoms with Crippen LogP contribution < -0.4 is 4.90 Å². The lowest BCUT2D eigenvalue weighted by Gasteiger charge is -2.35. The van der Waals surface area contributed by atoms with E-state index in [0.29, 0.717) is 10.6 Å². The summed E-state index contributed by atoms with van der Waals surface area (Å²) >= 11 is 6.16. The Bertz CT molecular complexity index is 947. The summed E-state index contributed by atoms with van der Waals surface area (Å²) in [6.07, 6.45) is 5.91. The number of allylic oxidation sites excluding steroid dienone is 1. The first-order valence-corrected chi connectivity index (χ1v) is 9.77. The lowest BCUT2D eigenvalue weighted by atomic mass is 10.0. The molecule has 1 saturated heterocycles. The molecule has 0 saturated carbocycles. The standard InChI is InChI=1S/C23H23ClN2O3.ClH/c1-25-12-14-26(15-13-25)21-9-8-19(24)16-20(21)22(27)10-6-17-2-4-18(5-3-17)7-11-23(28)29;/h2-11,16H,12-15H2,1H3,(H,28,29);1H/b10-6+,11-7+;. The largest absolute Gasteiger partial charge is 0.478 e. The van der Waals surface area contributed by atoms with E-state index >= 15 is 0 Å². The van der Waals surface area contributed by atoms with Crippen LogP contribution in [0.1, 0.15) is 21.5 Å². The van der Waals surface area contributed by atoms with Crippen LogP contribution in [0.15, 0.2) is 54.6 Å². The van der Waals surface area contributed by atoms with E-state index in [9.17, 15) is 9.59 Å². The van der Waals surface area contributed by atoms with Crippen molar-refractivity contribution in [3.05, 3.63) is 76.3 Å². The summed E-state index contributed by atoms with van der Waals surface area (Å²) in [4.78, 5) is 28.0. The van der Waals surface area contributed by atoms with Gasteiger partial charge < -0.3 is 14.9 Å². The first kappa shape index (κ1) is 23.7. The van der Waals surface area contributed by atoms with Gasteiger partial charge in [-0.2, -0.15) is 0 Å². The Morgan fingerprint density at radius 1 is 0.933 bits per heavy atom. The van der Waals surface area contributed by atoms with Gasteiger partial charge in [-0.05, 0) is 48.5 Å². The summed E-state index contributed by atoms with van der Waals surface area (Å²) in [5.74, 6) is -1.09. The third-order valence-electron chi connectivity index (χ3n) is 4.85. The Morgan fingerprint density at radius 3 is 2.07 bits per heavy atom. The Morgan fingerprint density at radius 2 is 1.50 bits per heavy atom. The number of carboxylic acids is 1. The highest BCUT2D eigenvalue weighted by Crippen LogP contribution is 2.26. The van der Waals surface area contributed by atoms with Crippen LogP contribution in [-0.4, -0.2) is 55.0 Å². The molecular weight excluding hydrogens is 423 g/mol. The van der Waals surface area contributed by atoms with E-state index in [1.165, 1.54) is 6.08 Å². The van der Waals surface area contributed by atoms with E-state index in [4.69, 9.17) is 16.7 Å². The van der Waals surface area contributed by atoms with Crippen molar-refractivity contribution in [1.29, 1.82) is 0 Å². The highest BCUT2D eigenvalue weighted by molar-refractivity contribution is 6.31. The number of ketones is 1. The number of aliphatic carboxylic acids is 1. The average Bonchev–Trinajstić information content (AvgIpc) is 2.72. The normalized spacial score (nSPS) is 14.8. The molecule has 1 heterocycles. The third kappa shape index (κ3) is 6.46. The fourth-order valence-electron chi connectivity index (χ4n) is 3.18. The Hall–Kier alpha value is -2.60. The summed E-state index contributed by atoms with van der Waals surface area (Å²) < 4.78 is 0. The first-order valence-electron chi connectivity index (χ1n) is 9.39. The number of halogens is 2. The molecule has 0 bridgehead atoms. The monoisotopic (exact) mass is 446 g/mol. The second-order valence-electron chi connectivity index (χ2n) is 6.99. The molecule has 0 amide bonds. The molecule has 1 N–H and O–H groups in total. The zero-order valence-electron chi connectivity index (χ0n) is 16.6. The minimum atomic E-state index is -0.989. The molecule has 1 fully saturated rings. The lowest BCUT2D eigenvalue weighted by Crippen LogP contribution is -2.44. The topological polar surface area (TPSA) is 60.9 Å². The molecule has 1 aliphatic heterocycles. The van der Waals surface area contributed by atoms with Crippen molar-refractivity contribution in [2.75, 3.05) is 38.1 Å². The fourth-order valence-corrected chi connectivity index (χ4v) is 3.35. The molecule has 0 atom stereocenters. The van der Waals surface area contributed by atoms with Gasteiger partial charge in [0.2, 0.25) is 0 Å². The van der Waals surface area contributed by atoms with Crippen LogP contribution in [0.3, 0.4) is 0 Å². The molecule has 0 aliphatic carbocycles. The maximum atomic E-state index is 12.9. The van der Waals surface area contributed by atoms with Crippen LogP contribution in [0.4, 0.5) is 5.69 Å². The number of carboxylic acid groups (broad SMARTS) is 1. The van der Waals surface area contributed by atoms with Gasteiger partial charge in [-0.3, -0.25) is 4.79 Å². The predicted molar refractivity (Wildman–Crippen MR) is 125 cm³/mol. The second kappa shape index (κ2) is 11.0.